The summed E-state index contributed by atoms with van der Waals surface area (Å²) in [6.07, 6.45) is -0.690. The van der Waals surface area contributed by atoms with Crippen LogP contribution >= 0.6 is 11.3 Å². The highest BCUT2D eigenvalue weighted by molar-refractivity contribution is 7.14. The fraction of sp³-hybridized carbons (Fsp3) is 0.583. The fourth-order valence-electron chi connectivity index (χ4n) is 1.89. The van der Waals surface area contributed by atoms with Crippen LogP contribution in [0.5, 0.6) is 0 Å². The first-order valence-electron chi connectivity index (χ1n) is 6.06. The van der Waals surface area contributed by atoms with E-state index < -0.39 is 12.1 Å². The van der Waals surface area contributed by atoms with Gasteiger partial charge in [-0.15, -0.1) is 11.3 Å². The summed E-state index contributed by atoms with van der Waals surface area (Å²) in [6, 6.07) is -0.653. The van der Waals surface area contributed by atoms with Crippen molar-refractivity contribution >= 4 is 28.5 Å². The summed E-state index contributed by atoms with van der Waals surface area (Å²) < 4.78 is 0. The lowest BCUT2D eigenvalue weighted by Gasteiger charge is -2.16. The molecule has 1 saturated heterocycles. The lowest BCUT2D eigenvalue weighted by Crippen LogP contribution is -2.40. The molecule has 1 aromatic heterocycles. The highest BCUT2D eigenvalue weighted by Crippen LogP contribution is 2.30. The van der Waals surface area contributed by atoms with Crippen molar-refractivity contribution in [3.8, 4) is 0 Å². The molecule has 1 atom stereocenters. The Morgan fingerprint density at radius 2 is 2.26 bits per heavy atom. The van der Waals surface area contributed by atoms with Crippen molar-refractivity contribution in [3.05, 3.63) is 11.1 Å². The van der Waals surface area contributed by atoms with Gasteiger partial charge in [0.1, 0.15) is 6.04 Å². The minimum absolute atomic E-state index is 0.0593. The van der Waals surface area contributed by atoms with Gasteiger partial charge >= 0.3 is 6.09 Å². The van der Waals surface area contributed by atoms with Crippen molar-refractivity contribution in [3.63, 3.8) is 0 Å². The van der Waals surface area contributed by atoms with Gasteiger partial charge in [0.15, 0.2) is 5.13 Å². The number of hydrogen-bond donors (Lipinski definition) is 2. The average molecular weight is 283 g/mol. The van der Waals surface area contributed by atoms with E-state index in [1.807, 2.05) is 5.38 Å². The Morgan fingerprint density at radius 1 is 1.58 bits per heavy atom. The molecule has 19 heavy (non-hydrogen) atoms. The second-order valence-electron chi connectivity index (χ2n) is 5.55. The minimum Gasteiger partial charge on any atom is -0.465 e. The number of thiazole rings is 1. The molecule has 2 rings (SSSR count). The molecule has 7 heteroatoms. The lowest BCUT2D eigenvalue weighted by atomic mass is 9.93. The van der Waals surface area contributed by atoms with Crippen LogP contribution in [0.25, 0.3) is 0 Å². The summed E-state index contributed by atoms with van der Waals surface area (Å²) >= 11 is 1.42. The van der Waals surface area contributed by atoms with Crippen LogP contribution in [-0.4, -0.2) is 34.7 Å². The zero-order chi connectivity index (χ0) is 14.2. The number of anilines is 1. The molecule has 1 aromatic rings. The van der Waals surface area contributed by atoms with Gasteiger partial charge < -0.3 is 10.4 Å². The summed E-state index contributed by atoms with van der Waals surface area (Å²) in [7, 11) is 0. The Labute approximate surface area is 115 Å². The molecule has 2 heterocycles. The number of aromatic nitrogens is 1. The van der Waals surface area contributed by atoms with E-state index in [4.69, 9.17) is 5.11 Å². The van der Waals surface area contributed by atoms with E-state index in [1.54, 1.807) is 4.90 Å². The van der Waals surface area contributed by atoms with E-state index in [-0.39, 0.29) is 11.3 Å². The largest absolute Gasteiger partial charge is 0.465 e. The van der Waals surface area contributed by atoms with Crippen LogP contribution in [0.3, 0.4) is 0 Å². The lowest BCUT2D eigenvalue weighted by molar-refractivity contribution is -0.118. The summed E-state index contributed by atoms with van der Waals surface area (Å²) in [5, 5.41) is 13.5. The van der Waals surface area contributed by atoms with Gasteiger partial charge in [0, 0.05) is 17.3 Å². The van der Waals surface area contributed by atoms with Crippen LogP contribution in [0, 0.1) is 0 Å². The highest BCUT2D eigenvalue weighted by atomic mass is 32.1. The van der Waals surface area contributed by atoms with E-state index in [9.17, 15) is 9.59 Å². The van der Waals surface area contributed by atoms with E-state index >= 15 is 0 Å². The third-order valence-corrected chi connectivity index (χ3v) is 3.86. The number of carbonyl (C=O) groups is 2. The van der Waals surface area contributed by atoms with Crippen LogP contribution in [0.2, 0.25) is 0 Å². The van der Waals surface area contributed by atoms with Crippen molar-refractivity contribution in [2.75, 3.05) is 11.4 Å². The summed E-state index contributed by atoms with van der Waals surface area (Å²) in [5.74, 6) is -0.225. The first-order valence-corrected chi connectivity index (χ1v) is 6.94. The maximum atomic E-state index is 12.1. The van der Waals surface area contributed by atoms with Gasteiger partial charge in [0.25, 0.3) is 5.91 Å². The van der Waals surface area contributed by atoms with Crippen molar-refractivity contribution < 1.29 is 14.7 Å². The Hall–Kier alpha value is -1.63. The average Bonchev–Trinajstić information content (AvgIpc) is 2.85. The second-order valence-corrected chi connectivity index (χ2v) is 6.38. The monoisotopic (exact) mass is 283 g/mol. The number of nitrogens with zero attached hydrogens (tertiary/aromatic N) is 2. The molecule has 0 aliphatic carbocycles. The Kier molecular flexibility index (Phi) is 3.49. The number of rotatable bonds is 2. The molecule has 1 fully saturated rings. The number of carboxylic acid groups (broad SMARTS) is 1. The predicted octanol–water partition coefficient (Wildman–Crippen LogP) is 1.81. The minimum atomic E-state index is -1.17. The SMILES string of the molecule is CC(C)(C)c1csc(N2CC[C@H](NC(=O)O)C2=O)n1. The van der Waals surface area contributed by atoms with Gasteiger partial charge in [0.2, 0.25) is 0 Å². The Bertz CT molecular complexity index is 507. The van der Waals surface area contributed by atoms with Gasteiger partial charge in [-0.1, -0.05) is 20.8 Å². The van der Waals surface area contributed by atoms with Crippen molar-refractivity contribution in [2.24, 2.45) is 0 Å². The molecule has 0 radical (unpaired) electrons. The van der Waals surface area contributed by atoms with Crippen LogP contribution < -0.4 is 10.2 Å². The molecule has 6 nitrogen and oxygen atoms in total. The third-order valence-electron chi connectivity index (χ3n) is 2.99. The first kappa shape index (κ1) is 13.8. The first-order chi connectivity index (χ1) is 8.79. The van der Waals surface area contributed by atoms with Gasteiger partial charge in [0.05, 0.1) is 5.69 Å². The number of nitrogens with one attached hydrogen (secondary N) is 1. The molecule has 0 unspecified atom stereocenters. The molecule has 104 valence electrons. The van der Waals surface area contributed by atoms with E-state index in [0.717, 1.165) is 5.69 Å². The fourth-order valence-corrected chi connectivity index (χ4v) is 2.97. The molecular weight excluding hydrogens is 266 g/mol. The number of amides is 2. The molecule has 0 bridgehead atoms. The molecule has 2 N–H and O–H groups in total. The second kappa shape index (κ2) is 4.80. The normalized spacial score (nSPS) is 19.8. The number of hydrogen-bond acceptors (Lipinski definition) is 4. The quantitative estimate of drug-likeness (QED) is 0.867. The maximum Gasteiger partial charge on any atom is 0.405 e. The predicted molar refractivity (Wildman–Crippen MR) is 72.7 cm³/mol. The van der Waals surface area contributed by atoms with E-state index in [1.165, 1.54) is 11.3 Å². The van der Waals surface area contributed by atoms with Gasteiger partial charge in [-0.05, 0) is 6.42 Å². The van der Waals surface area contributed by atoms with Crippen LogP contribution in [0.1, 0.15) is 32.9 Å². The zero-order valence-electron chi connectivity index (χ0n) is 11.1. The summed E-state index contributed by atoms with van der Waals surface area (Å²) in [6.45, 7) is 6.69. The van der Waals surface area contributed by atoms with Crippen LogP contribution in [-0.2, 0) is 10.2 Å². The topological polar surface area (TPSA) is 82.5 Å². The summed E-state index contributed by atoms with van der Waals surface area (Å²) in [5.41, 5.74) is 0.880. The molecule has 0 spiro atoms. The molecule has 0 aromatic carbocycles. The van der Waals surface area contributed by atoms with E-state index in [0.29, 0.717) is 18.1 Å². The molecular formula is C12H17N3O3S. The Morgan fingerprint density at radius 3 is 2.79 bits per heavy atom. The van der Waals surface area contributed by atoms with Gasteiger partial charge in [-0.25, -0.2) is 9.78 Å². The molecule has 0 saturated carbocycles. The van der Waals surface area contributed by atoms with Crippen LogP contribution in [0.15, 0.2) is 5.38 Å². The molecule has 2 amide bonds. The maximum absolute atomic E-state index is 12.1. The van der Waals surface area contributed by atoms with E-state index in [2.05, 4.69) is 31.1 Å². The van der Waals surface area contributed by atoms with Gasteiger partial charge in [-0.3, -0.25) is 9.69 Å². The highest BCUT2D eigenvalue weighted by Gasteiger charge is 2.35. The molecule has 1 aliphatic rings. The molecule has 1 aliphatic heterocycles. The van der Waals surface area contributed by atoms with Crippen molar-refractivity contribution in [1.82, 2.24) is 10.3 Å². The number of carbonyl (C=O) groups excluding carboxylic acids is 1. The van der Waals surface area contributed by atoms with Crippen molar-refractivity contribution in [2.45, 2.75) is 38.6 Å². The zero-order valence-corrected chi connectivity index (χ0v) is 12.0. The smallest absolute Gasteiger partial charge is 0.405 e. The van der Waals surface area contributed by atoms with Gasteiger partial charge in [-0.2, -0.15) is 0 Å². The Balaban J connectivity index is 2.14. The third kappa shape index (κ3) is 2.86. The van der Waals surface area contributed by atoms with Crippen molar-refractivity contribution in [1.29, 1.82) is 0 Å². The standard InChI is InChI=1S/C12H17N3O3S/c1-12(2,3)8-6-19-10(14-8)15-5-4-7(9(15)16)13-11(17)18/h6-7,13H,4-5H2,1-3H3,(H,17,18)/t7-/m0/s1. The van der Waals surface area contributed by atoms with Crippen LogP contribution in [0.4, 0.5) is 9.93 Å². The summed E-state index contributed by atoms with van der Waals surface area (Å²) in [4.78, 5) is 28.7.